The number of aromatic nitrogens is 2. The number of carbonyl (C=O) groups excluding carboxylic acids is 1. The van der Waals surface area contributed by atoms with Gasteiger partial charge in [-0.2, -0.15) is 0 Å². The van der Waals surface area contributed by atoms with Gasteiger partial charge in [0.1, 0.15) is 11.5 Å². The zero-order valence-corrected chi connectivity index (χ0v) is 11.9. The normalized spacial score (nSPS) is 21.4. The molecule has 0 aliphatic carbocycles. The summed E-state index contributed by atoms with van der Waals surface area (Å²) in [6.45, 7) is 1.86. The van der Waals surface area contributed by atoms with Gasteiger partial charge in [0.2, 0.25) is 0 Å². The number of hydrogen-bond donors (Lipinski definition) is 2. The summed E-state index contributed by atoms with van der Waals surface area (Å²) in [6.07, 6.45) is 1.00. The third-order valence-corrected chi connectivity index (χ3v) is 3.80. The lowest BCUT2D eigenvalue weighted by atomic mass is 10.0. The van der Waals surface area contributed by atoms with E-state index in [4.69, 9.17) is 0 Å². The summed E-state index contributed by atoms with van der Waals surface area (Å²) in [7, 11) is 0. The van der Waals surface area contributed by atoms with Crippen molar-refractivity contribution in [1.29, 1.82) is 0 Å². The van der Waals surface area contributed by atoms with E-state index < -0.39 is 23.8 Å². The van der Waals surface area contributed by atoms with Gasteiger partial charge in [-0.05, 0) is 31.0 Å². The Hall–Kier alpha value is -2.28. The molecule has 1 aromatic carbocycles. The molecule has 2 heterocycles. The highest BCUT2D eigenvalue weighted by Crippen LogP contribution is 2.33. The molecular formula is C15H15F2N3O2. The van der Waals surface area contributed by atoms with Crippen molar-refractivity contribution in [2.45, 2.75) is 25.5 Å². The number of β-amino-alcohol motifs (C(OH)–C–C–N with tert-alkyl or cyclic N) is 1. The largest absolute Gasteiger partial charge is 0.391 e. The molecule has 7 heteroatoms. The Morgan fingerprint density at radius 3 is 2.82 bits per heavy atom. The zero-order valence-electron chi connectivity index (χ0n) is 11.9. The number of aromatic amines is 1. The van der Waals surface area contributed by atoms with Gasteiger partial charge in [-0.3, -0.25) is 4.79 Å². The Morgan fingerprint density at radius 2 is 2.18 bits per heavy atom. The molecule has 1 saturated heterocycles. The van der Waals surface area contributed by atoms with Gasteiger partial charge in [-0.15, -0.1) is 0 Å². The van der Waals surface area contributed by atoms with Crippen molar-refractivity contribution in [3.63, 3.8) is 0 Å². The van der Waals surface area contributed by atoms with Crippen LogP contribution in [0.5, 0.6) is 0 Å². The van der Waals surface area contributed by atoms with Crippen molar-refractivity contribution in [2.24, 2.45) is 0 Å². The number of nitrogens with zero attached hydrogens (tertiary/aromatic N) is 2. The lowest BCUT2D eigenvalue weighted by molar-refractivity contribution is 0.0710. The van der Waals surface area contributed by atoms with Gasteiger partial charge in [0.25, 0.3) is 5.91 Å². The molecule has 3 rings (SSSR count). The number of aliphatic hydroxyl groups is 1. The maximum atomic E-state index is 13.4. The van der Waals surface area contributed by atoms with Crippen LogP contribution in [0.3, 0.4) is 0 Å². The Kier molecular flexibility index (Phi) is 3.66. The van der Waals surface area contributed by atoms with Crippen LogP contribution in [0, 0.1) is 18.6 Å². The topological polar surface area (TPSA) is 69.2 Å². The SMILES string of the molecule is Cc1ncc(C(=O)N2C[C@H](O)C[C@H]2c2ccc(F)c(F)c2)[nH]1. The lowest BCUT2D eigenvalue weighted by Gasteiger charge is -2.24. The van der Waals surface area contributed by atoms with E-state index in [1.165, 1.54) is 17.2 Å². The molecular weight excluding hydrogens is 292 g/mol. The summed E-state index contributed by atoms with van der Waals surface area (Å²) in [4.78, 5) is 20.8. The average molecular weight is 307 g/mol. The number of halogens is 2. The zero-order chi connectivity index (χ0) is 15.9. The van der Waals surface area contributed by atoms with Crippen LogP contribution in [0.1, 0.15) is 34.3 Å². The molecule has 2 atom stereocenters. The quantitative estimate of drug-likeness (QED) is 0.891. The minimum atomic E-state index is -0.969. The van der Waals surface area contributed by atoms with Gasteiger partial charge in [0, 0.05) is 6.54 Å². The monoisotopic (exact) mass is 307 g/mol. The molecule has 2 N–H and O–H groups in total. The maximum Gasteiger partial charge on any atom is 0.272 e. The van der Waals surface area contributed by atoms with E-state index in [9.17, 15) is 18.7 Å². The van der Waals surface area contributed by atoms with Gasteiger partial charge < -0.3 is 15.0 Å². The molecule has 0 unspecified atom stereocenters. The highest BCUT2D eigenvalue weighted by Gasteiger charge is 2.36. The third kappa shape index (κ3) is 2.59. The number of aliphatic hydroxyl groups excluding tert-OH is 1. The van der Waals surface area contributed by atoms with Gasteiger partial charge in [0.05, 0.1) is 18.3 Å². The summed E-state index contributed by atoms with van der Waals surface area (Å²) in [6, 6.07) is 3.02. The third-order valence-electron chi connectivity index (χ3n) is 3.80. The number of carbonyl (C=O) groups is 1. The van der Waals surface area contributed by atoms with Gasteiger partial charge in [-0.1, -0.05) is 6.07 Å². The van der Waals surface area contributed by atoms with Crippen LogP contribution in [-0.4, -0.2) is 38.5 Å². The van der Waals surface area contributed by atoms with Crippen molar-refractivity contribution in [3.8, 4) is 0 Å². The van der Waals surface area contributed by atoms with E-state index in [-0.39, 0.29) is 18.9 Å². The van der Waals surface area contributed by atoms with Crippen molar-refractivity contribution < 1.29 is 18.7 Å². The van der Waals surface area contributed by atoms with Crippen LogP contribution in [0.15, 0.2) is 24.4 Å². The minimum absolute atomic E-state index is 0.139. The number of aryl methyl sites for hydroxylation is 1. The summed E-state index contributed by atoms with van der Waals surface area (Å²) >= 11 is 0. The summed E-state index contributed by atoms with van der Waals surface area (Å²) in [5.41, 5.74) is 0.763. The first-order chi connectivity index (χ1) is 10.5. The van der Waals surface area contributed by atoms with Crippen LogP contribution in [0.25, 0.3) is 0 Å². The van der Waals surface area contributed by atoms with Crippen LogP contribution < -0.4 is 0 Å². The molecule has 1 aliphatic rings. The van der Waals surface area contributed by atoms with Crippen LogP contribution >= 0.6 is 0 Å². The number of amides is 1. The minimum Gasteiger partial charge on any atom is -0.391 e. The standard InChI is InChI=1S/C15H15F2N3O2/c1-8-18-6-13(19-8)15(22)20-7-10(21)5-14(20)9-2-3-11(16)12(17)4-9/h2-4,6,10,14,21H,5,7H2,1H3,(H,18,19)/t10-,14+/m1/s1. The maximum absolute atomic E-state index is 13.4. The first-order valence-electron chi connectivity index (χ1n) is 6.91. The highest BCUT2D eigenvalue weighted by atomic mass is 19.2. The molecule has 116 valence electrons. The molecule has 0 saturated carbocycles. The molecule has 0 spiro atoms. The van der Waals surface area contributed by atoms with E-state index in [2.05, 4.69) is 9.97 Å². The Labute approximate surface area is 125 Å². The summed E-state index contributed by atoms with van der Waals surface area (Å²) < 4.78 is 26.5. The molecule has 0 bridgehead atoms. The second-order valence-corrected chi connectivity index (χ2v) is 5.42. The number of hydrogen-bond acceptors (Lipinski definition) is 3. The second-order valence-electron chi connectivity index (χ2n) is 5.42. The molecule has 1 fully saturated rings. The molecule has 5 nitrogen and oxygen atoms in total. The number of likely N-dealkylation sites (tertiary alicyclic amines) is 1. The lowest BCUT2D eigenvalue weighted by Crippen LogP contribution is -2.32. The van der Waals surface area contributed by atoms with Gasteiger partial charge in [-0.25, -0.2) is 13.8 Å². The summed E-state index contributed by atoms with van der Waals surface area (Å²) in [5, 5.41) is 9.87. The summed E-state index contributed by atoms with van der Waals surface area (Å²) in [5.74, 6) is -1.63. The fourth-order valence-corrected chi connectivity index (χ4v) is 2.76. The fraction of sp³-hybridized carbons (Fsp3) is 0.333. The smallest absolute Gasteiger partial charge is 0.272 e. The second kappa shape index (κ2) is 5.49. The molecule has 2 aromatic rings. The predicted octanol–water partition coefficient (Wildman–Crippen LogP) is 1.94. The molecule has 1 amide bonds. The van der Waals surface area contributed by atoms with Gasteiger partial charge in [0.15, 0.2) is 11.6 Å². The van der Waals surface area contributed by atoms with Crippen molar-refractivity contribution >= 4 is 5.91 Å². The highest BCUT2D eigenvalue weighted by molar-refractivity contribution is 5.92. The number of rotatable bonds is 2. The van der Waals surface area contributed by atoms with Crippen LogP contribution in [-0.2, 0) is 0 Å². The molecule has 1 aliphatic heterocycles. The molecule has 0 radical (unpaired) electrons. The van der Waals surface area contributed by atoms with Crippen LogP contribution in [0.4, 0.5) is 8.78 Å². The Balaban J connectivity index is 1.91. The number of nitrogens with one attached hydrogen (secondary N) is 1. The van der Waals surface area contributed by atoms with E-state index in [1.54, 1.807) is 6.92 Å². The van der Waals surface area contributed by atoms with E-state index in [1.807, 2.05) is 0 Å². The van der Waals surface area contributed by atoms with Crippen LogP contribution in [0.2, 0.25) is 0 Å². The van der Waals surface area contributed by atoms with E-state index >= 15 is 0 Å². The first-order valence-corrected chi connectivity index (χ1v) is 6.91. The van der Waals surface area contributed by atoms with Crippen molar-refractivity contribution in [1.82, 2.24) is 14.9 Å². The average Bonchev–Trinajstić information content (AvgIpc) is 3.07. The van der Waals surface area contributed by atoms with Crippen molar-refractivity contribution in [3.05, 3.63) is 53.1 Å². The van der Waals surface area contributed by atoms with E-state index in [0.29, 0.717) is 17.1 Å². The van der Waals surface area contributed by atoms with Gasteiger partial charge >= 0.3 is 0 Å². The number of H-pyrrole nitrogens is 1. The Morgan fingerprint density at radius 1 is 1.41 bits per heavy atom. The van der Waals surface area contributed by atoms with Crippen molar-refractivity contribution in [2.75, 3.05) is 6.54 Å². The molecule has 22 heavy (non-hydrogen) atoms. The predicted molar refractivity (Wildman–Crippen MR) is 74.1 cm³/mol. The number of imidazole rings is 1. The first kappa shape index (κ1) is 14.6. The Bertz CT molecular complexity index is 717. The van der Waals surface area contributed by atoms with E-state index in [0.717, 1.165) is 12.1 Å². The molecule has 1 aromatic heterocycles. The number of benzene rings is 1. The fourth-order valence-electron chi connectivity index (χ4n) is 2.76.